The summed E-state index contributed by atoms with van der Waals surface area (Å²) in [7, 11) is 1.67. The predicted octanol–water partition coefficient (Wildman–Crippen LogP) is 3.93. The first-order valence-electron chi connectivity index (χ1n) is 6.41. The van der Waals surface area contributed by atoms with Crippen LogP contribution < -0.4 is 4.74 Å². The maximum absolute atomic E-state index is 10.2. The highest BCUT2D eigenvalue weighted by Gasteiger charge is 2.14. The summed E-state index contributed by atoms with van der Waals surface area (Å²) in [4.78, 5) is 0. The number of rotatable bonds is 4. The van der Waals surface area contributed by atoms with Crippen LogP contribution in [0, 0.1) is 5.92 Å². The molecule has 0 aromatic heterocycles. The first-order valence-corrected chi connectivity index (χ1v) is 6.41. The number of fused-ring (bicyclic) bond motifs is 1. The molecule has 1 N–H and O–H groups in total. The fourth-order valence-corrected chi connectivity index (χ4v) is 2.11. The molecule has 0 aliphatic carbocycles. The molecule has 0 saturated heterocycles. The van der Waals surface area contributed by atoms with Crippen LogP contribution in [0.15, 0.2) is 36.4 Å². The number of hydrogen-bond acceptors (Lipinski definition) is 2. The molecule has 18 heavy (non-hydrogen) atoms. The lowest BCUT2D eigenvalue weighted by Gasteiger charge is -2.18. The fraction of sp³-hybridized carbons (Fsp3) is 0.375. The van der Waals surface area contributed by atoms with E-state index in [-0.39, 0.29) is 12.0 Å². The van der Waals surface area contributed by atoms with Crippen LogP contribution >= 0.6 is 0 Å². The van der Waals surface area contributed by atoms with Crippen LogP contribution in [0.5, 0.6) is 5.75 Å². The number of ether oxygens (including phenoxy) is 1. The van der Waals surface area contributed by atoms with Crippen molar-refractivity contribution in [3.05, 3.63) is 42.0 Å². The molecule has 2 nitrogen and oxygen atoms in total. The highest BCUT2D eigenvalue weighted by atomic mass is 16.5. The van der Waals surface area contributed by atoms with Gasteiger partial charge in [-0.2, -0.15) is 0 Å². The molecule has 2 rings (SSSR count). The minimum Gasteiger partial charge on any atom is -0.497 e. The van der Waals surface area contributed by atoms with Gasteiger partial charge in [0.15, 0.2) is 0 Å². The zero-order valence-corrected chi connectivity index (χ0v) is 11.2. The van der Waals surface area contributed by atoms with E-state index in [4.69, 9.17) is 4.74 Å². The minimum absolute atomic E-state index is 0.278. The SMILES string of the molecule is CCC(C)C(O)c1ccc2cc(OC)ccc2c1. The molecule has 0 heterocycles. The summed E-state index contributed by atoms with van der Waals surface area (Å²) in [6.45, 7) is 4.17. The molecule has 2 heteroatoms. The summed E-state index contributed by atoms with van der Waals surface area (Å²) in [6, 6.07) is 12.1. The molecule has 0 spiro atoms. The van der Waals surface area contributed by atoms with Crippen LogP contribution in [0.2, 0.25) is 0 Å². The molecule has 2 aromatic carbocycles. The van der Waals surface area contributed by atoms with Gasteiger partial charge >= 0.3 is 0 Å². The molecule has 0 saturated carbocycles. The van der Waals surface area contributed by atoms with Gasteiger partial charge in [-0.05, 0) is 40.5 Å². The maximum atomic E-state index is 10.2. The third-order valence-corrected chi connectivity index (χ3v) is 3.60. The summed E-state index contributed by atoms with van der Waals surface area (Å²) >= 11 is 0. The lowest BCUT2D eigenvalue weighted by Crippen LogP contribution is -2.07. The number of hydrogen-bond donors (Lipinski definition) is 1. The molecule has 0 aliphatic heterocycles. The molecule has 0 radical (unpaired) electrons. The van der Waals surface area contributed by atoms with E-state index in [9.17, 15) is 5.11 Å². The number of aliphatic hydroxyl groups excluding tert-OH is 1. The van der Waals surface area contributed by atoms with Crippen molar-refractivity contribution in [2.75, 3.05) is 7.11 Å². The van der Waals surface area contributed by atoms with E-state index in [2.05, 4.69) is 19.9 Å². The van der Waals surface area contributed by atoms with Gasteiger partial charge in [0.05, 0.1) is 13.2 Å². The van der Waals surface area contributed by atoms with Crippen LogP contribution in [-0.4, -0.2) is 12.2 Å². The minimum atomic E-state index is -0.387. The van der Waals surface area contributed by atoms with Crippen molar-refractivity contribution in [3.8, 4) is 5.75 Å². The second-order valence-electron chi connectivity index (χ2n) is 4.80. The Morgan fingerprint density at radius 1 is 1.11 bits per heavy atom. The van der Waals surface area contributed by atoms with Crippen LogP contribution in [0.3, 0.4) is 0 Å². The van der Waals surface area contributed by atoms with Gasteiger partial charge in [0.25, 0.3) is 0 Å². The molecule has 2 atom stereocenters. The van der Waals surface area contributed by atoms with E-state index < -0.39 is 0 Å². The van der Waals surface area contributed by atoms with Gasteiger partial charge < -0.3 is 9.84 Å². The van der Waals surface area contributed by atoms with Crippen molar-refractivity contribution in [1.82, 2.24) is 0 Å². The molecule has 0 aliphatic rings. The molecule has 0 bridgehead atoms. The molecule has 96 valence electrons. The topological polar surface area (TPSA) is 29.5 Å². The number of methoxy groups -OCH3 is 1. The zero-order chi connectivity index (χ0) is 13.1. The molecule has 0 fully saturated rings. The van der Waals surface area contributed by atoms with Gasteiger partial charge in [-0.15, -0.1) is 0 Å². The molecular weight excluding hydrogens is 224 g/mol. The van der Waals surface area contributed by atoms with Gasteiger partial charge in [-0.25, -0.2) is 0 Å². The number of aliphatic hydroxyl groups is 1. The fourth-order valence-electron chi connectivity index (χ4n) is 2.11. The molecule has 0 amide bonds. The summed E-state index contributed by atoms with van der Waals surface area (Å²) < 4.78 is 5.21. The van der Waals surface area contributed by atoms with Gasteiger partial charge in [-0.3, -0.25) is 0 Å². The van der Waals surface area contributed by atoms with Crippen molar-refractivity contribution < 1.29 is 9.84 Å². The predicted molar refractivity (Wildman–Crippen MR) is 74.9 cm³/mol. The largest absolute Gasteiger partial charge is 0.497 e. The van der Waals surface area contributed by atoms with Crippen molar-refractivity contribution in [1.29, 1.82) is 0 Å². The Labute approximate surface area is 108 Å². The molecular formula is C16H20O2. The Kier molecular flexibility index (Phi) is 3.87. The average molecular weight is 244 g/mol. The summed E-state index contributed by atoms with van der Waals surface area (Å²) in [5.41, 5.74) is 0.988. The van der Waals surface area contributed by atoms with Crippen molar-refractivity contribution in [3.63, 3.8) is 0 Å². The van der Waals surface area contributed by atoms with Crippen molar-refractivity contribution >= 4 is 10.8 Å². The summed E-state index contributed by atoms with van der Waals surface area (Å²) in [5.74, 6) is 1.14. The van der Waals surface area contributed by atoms with E-state index in [0.29, 0.717) is 0 Å². The van der Waals surface area contributed by atoms with Gasteiger partial charge in [0, 0.05) is 0 Å². The third kappa shape index (κ3) is 2.49. The second kappa shape index (κ2) is 5.40. The number of benzene rings is 2. The van der Waals surface area contributed by atoms with E-state index in [1.165, 1.54) is 0 Å². The Bertz CT molecular complexity index is 534. The third-order valence-electron chi connectivity index (χ3n) is 3.60. The van der Waals surface area contributed by atoms with E-state index >= 15 is 0 Å². The van der Waals surface area contributed by atoms with Crippen LogP contribution in [0.1, 0.15) is 31.9 Å². The maximum Gasteiger partial charge on any atom is 0.119 e. The summed E-state index contributed by atoms with van der Waals surface area (Å²) in [5, 5.41) is 12.5. The Balaban J connectivity index is 2.38. The Morgan fingerprint density at radius 2 is 1.78 bits per heavy atom. The highest BCUT2D eigenvalue weighted by Crippen LogP contribution is 2.28. The second-order valence-corrected chi connectivity index (χ2v) is 4.80. The quantitative estimate of drug-likeness (QED) is 0.883. The highest BCUT2D eigenvalue weighted by molar-refractivity contribution is 5.84. The van der Waals surface area contributed by atoms with E-state index in [1.54, 1.807) is 7.11 Å². The molecule has 2 unspecified atom stereocenters. The van der Waals surface area contributed by atoms with E-state index in [1.807, 2.05) is 30.3 Å². The molecule has 2 aromatic rings. The van der Waals surface area contributed by atoms with Crippen LogP contribution in [0.4, 0.5) is 0 Å². The first-order chi connectivity index (χ1) is 8.65. The summed E-state index contributed by atoms with van der Waals surface area (Å²) in [6.07, 6.45) is 0.587. The average Bonchev–Trinajstić information content (AvgIpc) is 2.44. The first kappa shape index (κ1) is 12.9. The lowest BCUT2D eigenvalue weighted by atomic mass is 9.94. The van der Waals surface area contributed by atoms with E-state index in [0.717, 1.165) is 28.5 Å². The van der Waals surface area contributed by atoms with Crippen LogP contribution in [-0.2, 0) is 0 Å². The van der Waals surface area contributed by atoms with Crippen molar-refractivity contribution in [2.45, 2.75) is 26.4 Å². The standard InChI is InChI=1S/C16H20O2/c1-4-11(2)16(17)14-6-5-13-10-15(18-3)8-7-12(13)9-14/h5-11,16-17H,4H2,1-3H3. The van der Waals surface area contributed by atoms with Gasteiger partial charge in [0.2, 0.25) is 0 Å². The smallest absolute Gasteiger partial charge is 0.119 e. The normalized spacial score (nSPS) is 14.4. The van der Waals surface area contributed by atoms with Crippen LogP contribution in [0.25, 0.3) is 10.8 Å². The monoisotopic (exact) mass is 244 g/mol. The van der Waals surface area contributed by atoms with Gasteiger partial charge in [-0.1, -0.05) is 38.5 Å². The lowest BCUT2D eigenvalue weighted by molar-refractivity contribution is 0.115. The van der Waals surface area contributed by atoms with Gasteiger partial charge in [0.1, 0.15) is 5.75 Å². The Hall–Kier alpha value is -1.54. The Morgan fingerprint density at radius 3 is 2.44 bits per heavy atom. The van der Waals surface area contributed by atoms with Crippen molar-refractivity contribution in [2.24, 2.45) is 5.92 Å². The zero-order valence-electron chi connectivity index (χ0n) is 11.2.